The van der Waals surface area contributed by atoms with Crippen molar-refractivity contribution in [2.24, 2.45) is 0 Å². The van der Waals surface area contributed by atoms with Gasteiger partial charge in [0.05, 0.1) is 24.2 Å². The Labute approximate surface area is 202 Å². The predicted octanol–water partition coefficient (Wildman–Crippen LogP) is 3.65. The molecule has 1 aliphatic heterocycles. The van der Waals surface area contributed by atoms with Gasteiger partial charge in [-0.2, -0.15) is 0 Å². The summed E-state index contributed by atoms with van der Waals surface area (Å²) in [5.41, 5.74) is 3.60. The SMILES string of the molecule is CCc1ccccc1NC(=O)CN1CCN(C(=O)CSc2ncc(-c3ccc(F)cc3)[nH]2)CC1. The van der Waals surface area contributed by atoms with E-state index in [1.54, 1.807) is 18.3 Å². The van der Waals surface area contributed by atoms with Crippen molar-refractivity contribution in [1.82, 2.24) is 19.8 Å². The number of aryl methyl sites for hydroxylation is 1. The van der Waals surface area contributed by atoms with Crippen LogP contribution in [0.25, 0.3) is 11.3 Å². The molecule has 1 aliphatic rings. The summed E-state index contributed by atoms with van der Waals surface area (Å²) in [6.07, 6.45) is 2.55. The van der Waals surface area contributed by atoms with Gasteiger partial charge in [0.15, 0.2) is 5.16 Å². The molecule has 2 heterocycles. The van der Waals surface area contributed by atoms with Crippen molar-refractivity contribution in [3.63, 3.8) is 0 Å². The molecule has 9 heteroatoms. The fourth-order valence-electron chi connectivity index (χ4n) is 3.87. The van der Waals surface area contributed by atoms with Gasteiger partial charge in [-0.3, -0.25) is 14.5 Å². The van der Waals surface area contributed by atoms with Crippen molar-refractivity contribution in [3.05, 3.63) is 66.1 Å². The first kappa shape index (κ1) is 24.0. The Kier molecular flexibility index (Phi) is 7.97. The average molecular weight is 482 g/mol. The van der Waals surface area contributed by atoms with E-state index < -0.39 is 0 Å². The second-order valence-electron chi connectivity index (χ2n) is 8.11. The van der Waals surface area contributed by atoms with Crippen LogP contribution in [0.4, 0.5) is 10.1 Å². The van der Waals surface area contributed by atoms with Gasteiger partial charge in [0.2, 0.25) is 11.8 Å². The van der Waals surface area contributed by atoms with Gasteiger partial charge >= 0.3 is 0 Å². The van der Waals surface area contributed by atoms with E-state index in [-0.39, 0.29) is 23.4 Å². The second kappa shape index (κ2) is 11.3. The quantitative estimate of drug-likeness (QED) is 0.480. The molecule has 2 aromatic carbocycles. The van der Waals surface area contributed by atoms with E-state index in [0.717, 1.165) is 28.9 Å². The number of thioether (sulfide) groups is 1. The summed E-state index contributed by atoms with van der Waals surface area (Å²) in [6.45, 7) is 4.89. The van der Waals surface area contributed by atoms with Crippen LogP contribution in [0.2, 0.25) is 0 Å². The molecule has 2 amide bonds. The molecule has 0 radical (unpaired) electrons. The first-order valence-electron chi connectivity index (χ1n) is 11.3. The predicted molar refractivity (Wildman–Crippen MR) is 132 cm³/mol. The van der Waals surface area contributed by atoms with Crippen molar-refractivity contribution in [2.75, 3.05) is 43.8 Å². The fourth-order valence-corrected chi connectivity index (χ4v) is 4.62. The number of benzene rings is 2. The van der Waals surface area contributed by atoms with E-state index in [0.29, 0.717) is 37.9 Å². The Bertz CT molecular complexity index is 1130. The number of hydrogen-bond acceptors (Lipinski definition) is 5. The van der Waals surface area contributed by atoms with Gasteiger partial charge in [-0.1, -0.05) is 36.9 Å². The third-order valence-electron chi connectivity index (χ3n) is 5.80. The van der Waals surface area contributed by atoms with Crippen molar-refractivity contribution >= 4 is 29.3 Å². The molecular formula is C25H28FN5O2S. The molecule has 0 unspecified atom stereocenters. The lowest BCUT2D eigenvalue weighted by atomic mass is 10.1. The highest BCUT2D eigenvalue weighted by Crippen LogP contribution is 2.22. The Hall–Kier alpha value is -3.17. The van der Waals surface area contributed by atoms with Crippen LogP contribution in [0.15, 0.2) is 59.9 Å². The van der Waals surface area contributed by atoms with Gasteiger partial charge in [0, 0.05) is 31.9 Å². The number of H-pyrrole nitrogens is 1. The molecule has 0 spiro atoms. The minimum Gasteiger partial charge on any atom is -0.339 e. The van der Waals surface area contributed by atoms with Crippen molar-refractivity contribution in [1.29, 1.82) is 0 Å². The maximum atomic E-state index is 13.1. The molecule has 2 N–H and O–H groups in total. The van der Waals surface area contributed by atoms with E-state index in [2.05, 4.69) is 27.1 Å². The number of anilines is 1. The van der Waals surface area contributed by atoms with E-state index in [9.17, 15) is 14.0 Å². The lowest BCUT2D eigenvalue weighted by molar-refractivity contribution is -0.130. The first-order chi connectivity index (χ1) is 16.5. The van der Waals surface area contributed by atoms with Crippen LogP contribution in [0.3, 0.4) is 0 Å². The van der Waals surface area contributed by atoms with E-state index in [4.69, 9.17) is 0 Å². The molecule has 178 valence electrons. The standard InChI is InChI=1S/C25H28FN5O2S/c1-2-18-5-3-4-6-21(18)28-23(32)16-30-11-13-31(14-12-30)24(33)17-34-25-27-15-22(29-25)19-7-9-20(26)10-8-19/h3-10,15H,2,11-14,16-17H2,1H3,(H,27,29)(H,28,32). The first-order valence-corrected chi connectivity index (χ1v) is 12.3. The monoisotopic (exact) mass is 481 g/mol. The number of halogens is 1. The van der Waals surface area contributed by atoms with Gasteiger partial charge in [-0.25, -0.2) is 9.37 Å². The van der Waals surface area contributed by atoms with Crippen molar-refractivity contribution in [2.45, 2.75) is 18.5 Å². The minimum absolute atomic E-state index is 0.0361. The summed E-state index contributed by atoms with van der Waals surface area (Å²) < 4.78 is 13.1. The van der Waals surface area contributed by atoms with Gasteiger partial charge in [0.25, 0.3) is 0 Å². The number of hydrogen-bond donors (Lipinski definition) is 2. The smallest absolute Gasteiger partial charge is 0.238 e. The number of amides is 2. The summed E-state index contributed by atoms with van der Waals surface area (Å²) in [4.78, 5) is 36.5. The lowest BCUT2D eigenvalue weighted by Crippen LogP contribution is -2.50. The number of rotatable bonds is 8. The minimum atomic E-state index is -0.286. The zero-order valence-electron chi connectivity index (χ0n) is 19.1. The number of imidazole rings is 1. The topological polar surface area (TPSA) is 81.3 Å². The zero-order chi connectivity index (χ0) is 23.9. The molecule has 4 rings (SSSR count). The maximum Gasteiger partial charge on any atom is 0.238 e. The number of nitrogens with one attached hydrogen (secondary N) is 2. The van der Waals surface area contributed by atoms with Crippen LogP contribution >= 0.6 is 11.8 Å². The molecule has 34 heavy (non-hydrogen) atoms. The Morgan fingerprint density at radius 2 is 1.82 bits per heavy atom. The number of piperazine rings is 1. The van der Waals surface area contributed by atoms with Crippen molar-refractivity contribution in [3.8, 4) is 11.3 Å². The normalized spacial score (nSPS) is 14.2. The van der Waals surface area contributed by atoms with Gasteiger partial charge < -0.3 is 15.2 Å². The summed E-state index contributed by atoms with van der Waals surface area (Å²) in [7, 11) is 0. The average Bonchev–Trinajstić information content (AvgIpc) is 3.33. The lowest BCUT2D eigenvalue weighted by Gasteiger charge is -2.34. The number of aromatic nitrogens is 2. The number of para-hydroxylation sites is 1. The third-order valence-corrected chi connectivity index (χ3v) is 6.68. The molecule has 7 nitrogen and oxygen atoms in total. The second-order valence-corrected chi connectivity index (χ2v) is 9.08. The molecule has 1 saturated heterocycles. The molecule has 3 aromatic rings. The molecule has 0 aliphatic carbocycles. The number of aromatic amines is 1. The summed E-state index contributed by atoms with van der Waals surface area (Å²) in [5, 5.41) is 3.65. The summed E-state index contributed by atoms with van der Waals surface area (Å²) in [6, 6.07) is 14.0. The van der Waals surface area contributed by atoms with Gasteiger partial charge in [0.1, 0.15) is 5.82 Å². The Morgan fingerprint density at radius 1 is 1.09 bits per heavy atom. The highest BCUT2D eigenvalue weighted by molar-refractivity contribution is 7.99. The highest BCUT2D eigenvalue weighted by Gasteiger charge is 2.23. The van der Waals surface area contributed by atoms with Crippen LogP contribution in [-0.2, 0) is 16.0 Å². The zero-order valence-corrected chi connectivity index (χ0v) is 19.9. The Morgan fingerprint density at radius 3 is 2.56 bits per heavy atom. The molecule has 0 saturated carbocycles. The largest absolute Gasteiger partial charge is 0.339 e. The molecule has 0 atom stereocenters. The molecule has 0 bridgehead atoms. The van der Waals surface area contributed by atoms with Crippen molar-refractivity contribution < 1.29 is 14.0 Å². The van der Waals surface area contributed by atoms with E-state index >= 15 is 0 Å². The van der Waals surface area contributed by atoms with E-state index in [1.807, 2.05) is 29.2 Å². The molecular weight excluding hydrogens is 453 g/mol. The van der Waals surface area contributed by atoms with Crippen LogP contribution in [-0.4, -0.2) is 70.1 Å². The highest BCUT2D eigenvalue weighted by atomic mass is 32.2. The number of carbonyl (C=O) groups excluding carboxylic acids is 2. The summed E-state index contributed by atoms with van der Waals surface area (Å²) in [5.74, 6) is 0.00715. The number of carbonyl (C=O) groups is 2. The summed E-state index contributed by atoms with van der Waals surface area (Å²) >= 11 is 1.35. The molecule has 1 fully saturated rings. The van der Waals surface area contributed by atoms with E-state index in [1.165, 1.54) is 23.9 Å². The maximum absolute atomic E-state index is 13.1. The Balaban J connectivity index is 1.20. The molecule has 1 aromatic heterocycles. The van der Waals surface area contributed by atoms with Gasteiger partial charge in [-0.15, -0.1) is 0 Å². The van der Waals surface area contributed by atoms with Gasteiger partial charge in [-0.05, 0) is 47.9 Å². The fraction of sp³-hybridized carbons (Fsp3) is 0.320. The number of nitrogens with zero attached hydrogens (tertiary/aromatic N) is 3. The third kappa shape index (κ3) is 6.24. The van der Waals surface area contributed by atoms with Crippen LogP contribution in [0, 0.1) is 5.82 Å². The van der Waals surface area contributed by atoms with Crippen LogP contribution in [0.1, 0.15) is 12.5 Å². The van der Waals surface area contributed by atoms with Crippen LogP contribution < -0.4 is 5.32 Å². The van der Waals surface area contributed by atoms with Crippen LogP contribution in [0.5, 0.6) is 0 Å².